The van der Waals surface area contributed by atoms with Crippen LogP contribution in [0.25, 0.3) is 0 Å². The van der Waals surface area contributed by atoms with Gasteiger partial charge in [-0.1, -0.05) is 13.8 Å². The van der Waals surface area contributed by atoms with E-state index in [-0.39, 0.29) is 0 Å². The minimum Gasteiger partial charge on any atom is -0.381 e. The summed E-state index contributed by atoms with van der Waals surface area (Å²) in [5.41, 5.74) is 0.312. The van der Waals surface area contributed by atoms with Crippen LogP contribution in [0.2, 0.25) is 0 Å². The van der Waals surface area contributed by atoms with Crippen molar-refractivity contribution in [3.05, 3.63) is 0 Å². The minimum absolute atomic E-state index is 0.312. The molecular weight excluding hydrogens is 126 g/mol. The molecule has 0 bridgehead atoms. The molecule has 1 aliphatic heterocycles. The van der Waals surface area contributed by atoms with Gasteiger partial charge < -0.3 is 10.1 Å². The van der Waals surface area contributed by atoms with Crippen LogP contribution in [0.15, 0.2) is 0 Å². The van der Waals surface area contributed by atoms with E-state index in [0.29, 0.717) is 11.5 Å². The molecule has 0 aromatic carbocycles. The lowest BCUT2D eigenvalue weighted by Gasteiger charge is -2.37. The maximum Gasteiger partial charge on any atom is 0.0646 e. The van der Waals surface area contributed by atoms with Crippen molar-refractivity contribution >= 4 is 0 Å². The molecule has 0 spiro atoms. The van der Waals surface area contributed by atoms with Crippen molar-refractivity contribution in [2.45, 2.75) is 26.4 Å². The highest BCUT2D eigenvalue weighted by Gasteiger charge is 2.31. The lowest BCUT2D eigenvalue weighted by Crippen LogP contribution is -2.46. The summed E-state index contributed by atoms with van der Waals surface area (Å²) in [6, 6.07) is 0. The molecule has 0 aliphatic carbocycles. The van der Waals surface area contributed by atoms with Crippen molar-refractivity contribution in [2.24, 2.45) is 5.41 Å². The van der Waals surface area contributed by atoms with E-state index in [9.17, 15) is 0 Å². The maximum atomic E-state index is 5.37. The SMILES string of the molecule is CO[C@@H]1CCNCC1(C)C. The third-order valence-corrected chi connectivity index (χ3v) is 2.32. The first-order chi connectivity index (χ1) is 4.67. The zero-order chi connectivity index (χ0) is 7.61. The molecule has 0 aromatic heterocycles. The molecule has 1 rings (SSSR count). The molecule has 60 valence electrons. The van der Waals surface area contributed by atoms with Crippen LogP contribution in [0.5, 0.6) is 0 Å². The van der Waals surface area contributed by atoms with Gasteiger partial charge in [0, 0.05) is 19.1 Å². The van der Waals surface area contributed by atoms with Crippen LogP contribution in [0, 0.1) is 5.41 Å². The summed E-state index contributed by atoms with van der Waals surface area (Å²) in [6.07, 6.45) is 1.58. The summed E-state index contributed by atoms with van der Waals surface area (Å²) in [5.74, 6) is 0. The van der Waals surface area contributed by atoms with E-state index in [1.165, 1.54) is 0 Å². The van der Waals surface area contributed by atoms with Gasteiger partial charge in [0.1, 0.15) is 0 Å². The number of ether oxygens (including phenoxy) is 1. The normalized spacial score (nSPS) is 32.1. The van der Waals surface area contributed by atoms with Gasteiger partial charge in [-0.3, -0.25) is 0 Å². The quantitative estimate of drug-likeness (QED) is 0.591. The van der Waals surface area contributed by atoms with Gasteiger partial charge in [0.25, 0.3) is 0 Å². The summed E-state index contributed by atoms with van der Waals surface area (Å²) in [6.45, 7) is 6.66. The molecule has 1 atom stereocenters. The second-order valence-electron chi connectivity index (χ2n) is 3.68. The van der Waals surface area contributed by atoms with Crippen molar-refractivity contribution in [2.75, 3.05) is 20.2 Å². The highest BCUT2D eigenvalue weighted by Crippen LogP contribution is 2.26. The van der Waals surface area contributed by atoms with Crippen LogP contribution < -0.4 is 5.32 Å². The lowest BCUT2D eigenvalue weighted by molar-refractivity contribution is -0.0136. The first kappa shape index (κ1) is 8.02. The van der Waals surface area contributed by atoms with Gasteiger partial charge in [0.05, 0.1) is 6.10 Å². The Hall–Kier alpha value is -0.0800. The van der Waals surface area contributed by atoms with E-state index >= 15 is 0 Å². The summed E-state index contributed by atoms with van der Waals surface area (Å²) >= 11 is 0. The number of hydrogen-bond donors (Lipinski definition) is 1. The standard InChI is InChI=1S/C8H17NO/c1-8(2)6-9-5-4-7(8)10-3/h7,9H,4-6H2,1-3H3/t7-/m1/s1. The molecule has 0 saturated carbocycles. The highest BCUT2D eigenvalue weighted by atomic mass is 16.5. The fourth-order valence-electron chi connectivity index (χ4n) is 1.59. The molecule has 1 N–H and O–H groups in total. The van der Waals surface area contributed by atoms with Crippen molar-refractivity contribution in [1.82, 2.24) is 5.32 Å². The molecule has 0 amide bonds. The predicted molar refractivity (Wildman–Crippen MR) is 42.1 cm³/mol. The van der Waals surface area contributed by atoms with Crippen LogP contribution in [0.3, 0.4) is 0 Å². The van der Waals surface area contributed by atoms with Crippen LogP contribution in [-0.4, -0.2) is 26.3 Å². The van der Waals surface area contributed by atoms with Crippen molar-refractivity contribution in [3.63, 3.8) is 0 Å². The van der Waals surface area contributed by atoms with Crippen LogP contribution in [-0.2, 0) is 4.74 Å². The Bertz CT molecular complexity index is 112. The van der Waals surface area contributed by atoms with Crippen molar-refractivity contribution < 1.29 is 4.74 Å². The number of hydrogen-bond acceptors (Lipinski definition) is 2. The Balaban J connectivity index is 2.51. The zero-order valence-electron chi connectivity index (χ0n) is 7.11. The number of piperidine rings is 1. The molecule has 0 radical (unpaired) electrons. The molecule has 1 aliphatic rings. The summed E-state index contributed by atoms with van der Waals surface area (Å²) in [7, 11) is 1.80. The minimum atomic E-state index is 0.312. The molecule has 10 heavy (non-hydrogen) atoms. The Morgan fingerprint density at radius 1 is 1.50 bits per heavy atom. The average Bonchev–Trinajstić information content (AvgIpc) is 1.87. The van der Waals surface area contributed by atoms with E-state index in [4.69, 9.17) is 4.74 Å². The number of rotatable bonds is 1. The van der Waals surface area contributed by atoms with Gasteiger partial charge in [-0.05, 0) is 13.0 Å². The number of methoxy groups -OCH3 is 1. The lowest BCUT2D eigenvalue weighted by atomic mass is 9.82. The Morgan fingerprint density at radius 2 is 2.20 bits per heavy atom. The first-order valence-electron chi connectivity index (χ1n) is 3.90. The fourth-order valence-corrected chi connectivity index (χ4v) is 1.59. The molecular formula is C8H17NO. The third kappa shape index (κ3) is 1.50. The van der Waals surface area contributed by atoms with Gasteiger partial charge >= 0.3 is 0 Å². The van der Waals surface area contributed by atoms with Gasteiger partial charge in [-0.15, -0.1) is 0 Å². The monoisotopic (exact) mass is 143 g/mol. The van der Waals surface area contributed by atoms with Gasteiger partial charge in [-0.2, -0.15) is 0 Å². The average molecular weight is 143 g/mol. The van der Waals surface area contributed by atoms with Crippen molar-refractivity contribution in [3.8, 4) is 0 Å². The molecule has 0 unspecified atom stereocenters. The Labute approximate surface area is 63.0 Å². The molecule has 0 aromatic rings. The van der Waals surface area contributed by atoms with Crippen LogP contribution in [0.4, 0.5) is 0 Å². The Kier molecular flexibility index (Phi) is 2.32. The van der Waals surface area contributed by atoms with E-state index in [2.05, 4.69) is 19.2 Å². The molecule has 1 heterocycles. The van der Waals surface area contributed by atoms with Crippen LogP contribution >= 0.6 is 0 Å². The smallest absolute Gasteiger partial charge is 0.0646 e. The first-order valence-corrected chi connectivity index (χ1v) is 3.90. The third-order valence-electron chi connectivity index (χ3n) is 2.32. The molecule has 1 fully saturated rings. The summed E-state index contributed by atoms with van der Waals surface area (Å²) in [4.78, 5) is 0. The zero-order valence-corrected chi connectivity index (χ0v) is 7.11. The van der Waals surface area contributed by atoms with E-state index in [1.54, 1.807) is 7.11 Å². The summed E-state index contributed by atoms with van der Waals surface area (Å²) in [5, 5.41) is 3.36. The molecule has 2 nitrogen and oxygen atoms in total. The van der Waals surface area contributed by atoms with E-state index < -0.39 is 0 Å². The summed E-state index contributed by atoms with van der Waals surface area (Å²) < 4.78 is 5.37. The predicted octanol–water partition coefficient (Wildman–Crippen LogP) is 1.02. The molecule has 2 heteroatoms. The second kappa shape index (κ2) is 2.89. The molecule has 1 saturated heterocycles. The number of nitrogens with one attached hydrogen (secondary N) is 1. The van der Waals surface area contributed by atoms with E-state index in [0.717, 1.165) is 19.5 Å². The fraction of sp³-hybridized carbons (Fsp3) is 1.00. The second-order valence-corrected chi connectivity index (χ2v) is 3.68. The highest BCUT2D eigenvalue weighted by molar-refractivity contribution is 4.85. The largest absolute Gasteiger partial charge is 0.381 e. The van der Waals surface area contributed by atoms with Gasteiger partial charge in [-0.25, -0.2) is 0 Å². The Morgan fingerprint density at radius 3 is 2.60 bits per heavy atom. The van der Waals surface area contributed by atoms with Gasteiger partial charge in [0.2, 0.25) is 0 Å². The topological polar surface area (TPSA) is 21.3 Å². The maximum absolute atomic E-state index is 5.37. The van der Waals surface area contributed by atoms with Crippen molar-refractivity contribution in [1.29, 1.82) is 0 Å². The van der Waals surface area contributed by atoms with E-state index in [1.807, 2.05) is 0 Å². The van der Waals surface area contributed by atoms with Crippen LogP contribution in [0.1, 0.15) is 20.3 Å². The van der Waals surface area contributed by atoms with Gasteiger partial charge in [0.15, 0.2) is 0 Å².